The van der Waals surface area contributed by atoms with Gasteiger partial charge in [-0.2, -0.15) is 22.7 Å². The van der Waals surface area contributed by atoms with E-state index in [1.165, 1.54) is 13.0 Å². The lowest BCUT2D eigenvalue weighted by Crippen LogP contribution is -2.49. The lowest BCUT2D eigenvalue weighted by Gasteiger charge is -2.34. The third-order valence-corrected chi connectivity index (χ3v) is 6.45. The van der Waals surface area contributed by atoms with Crippen LogP contribution in [0.3, 0.4) is 0 Å². The summed E-state index contributed by atoms with van der Waals surface area (Å²) in [7, 11) is 0. The highest BCUT2D eigenvalue weighted by Crippen LogP contribution is 2.31. The summed E-state index contributed by atoms with van der Waals surface area (Å²) in [5, 5.41) is 5.64. The van der Waals surface area contributed by atoms with Crippen molar-refractivity contribution in [3.8, 4) is 11.3 Å². The number of carbonyl (C=O) groups excluding carboxylic acids is 1. The lowest BCUT2D eigenvalue weighted by molar-refractivity contribution is -0.141. The fourth-order valence-electron chi connectivity index (χ4n) is 4.04. The maximum atomic E-state index is 12.9. The minimum Gasteiger partial charge on any atom is -0.336 e. The smallest absolute Gasteiger partial charge is 0.336 e. The summed E-state index contributed by atoms with van der Waals surface area (Å²) in [6, 6.07) is 8.91. The summed E-state index contributed by atoms with van der Waals surface area (Å²) < 4.78 is 40.3. The van der Waals surface area contributed by atoms with Crippen molar-refractivity contribution in [2.24, 2.45) is 0 Å². The van der Waals surface area contributed by atoms with Crippen LogP contribution in [0.5, 0.6) is 0 Å². The number of carbonyl (C=O) groups is 1. The molecule has 0 saturated carbocycles. The summed E-state index contributed by atoms with van der Waals surface area (Å²) in [4.78, 5) is 28.8. The maximum Gasteiger partial charge on any atom is 0.433 e. The van der Waals surface area contributed by atoms with Gasteiger partial charge in [0.15, 0.2) is 0 Å². The van der Waals surface area contributed by atoms with Crippen LogP contribution < -0.4 is 4.90 Å². The highest BCUT2D eigenvalue weighted by Gasteiger charge is 2.34. The molecule has 0 aliphatic carbocycles. The average Bonchev–Trinajstić information content (AvgIpc) is 3.29. The number of rotatable bonds is 3. The number of hydrogen-bond acceptors (Lipinski definition) is 6. The van der Waals surface area contributed by atoms with Gasteiger partial charge in [0.2, 0.25) is 5.95 Å². The van der Waals surface area contributed by atoms with Crippen molar-refractivity contribution in [3.05, 3.63) is 69.6 Å². The Kier molecular flexibility index (Phi) is 6.21. The van der Waals surface area contributed by atoms with Crippen molar-refractivity contribution >= 4 is 40.8 Å². The van der Waals surface area contributed by atoms with Crippen LogP contribution in [0.2, 0.25) is 10.0 Å². The molecule has 1 saturated heterocycles. The molecule has 4 aromatic rings. The molecule has 3 aromatic heterocycles. The Morgan fingerprint density at radius 2 is 1.75 bits per heavy atom. The van der Waals surface area contributed by atoms with Gasteiger partial charge in [-0.25, -0.2) is 9.97 Å². The first-order valence-corrected chi connectivity index (χ1v) is 11.6. The first-order chi connectivity index (χ1) is 17.1. The number of amides is 1. The number of anilines is 1. The first-order valence-electron chi connectivity index (χ1n) is 10.9. The molecule has 4 heterocycles. The standard InChI is InChI=1S/C23H18Cl2F3N7O/c1-13-15(3-5-19(30-13)23(26,27)28)20(36)33-8-10-34(11-9-33)22-31-21-29-7-6-18(35(21)32-22)16-12-14(24)2-4-17(16)25/h2-7,12H,8-11H2,1H3. The van der Waals surface area contributed by atoms with E-state index in [1.807, 2.05) is 4.90 Å². The molecule has 0 N–H and O–H groups in total. The molecule has 13 heteroatoms. The van der Waals surface area contributed by atoms with E-state index in [1.54, 1.807) is 39.9 Å². The quantitative estimate of drug-likeness (QED) is 0.375. The Bertz CT molecular complexity index is 1470. The summed E-state index contributed by atoms with van der Waals surface area (Å²) in [5.41, 5.74) is 0.521. The van der Waals surface area contributed by atoms with Crippen molar-refractivity contribution in [2.45, 2.75) is 13.1 Å². The van der Waals surface area contributed by atoms with Gasteiger partial charge in [-0.1, -0.05) is 23.2 Å². The average molecular weight is 536 g/mol. The number of alkyl halides is 3. The maximum absolute atomic E-state index is 12.9. The van der Waals surface area contributed by atoms with E-state index in [-0.39, 0.29) is 17.2 Å². The van der Waals surface area contributed by atoms with Crippen molar-refractivity contribution in [1.29, 1.82) is 0 Å². The molecule has 0 atom stereocenters. The molecule has 0 radical (unpaired) electrons. The minimum absolute atomic E-state index is 0.0394. The first kappa shape index (κ1) is 24.3. The van der Waals surface area contributed by atoms with E-state index in [2.05, 4.69) is 20.1 Å². The third kappa shape index (κ3) is 4.56. The van der Waals surface area contributed by atoms with Gasteiger partial charge >= 0.3 is 6.18 Å². The summed E-state index contributed by atoms with van der Waals surface area (Å²) >= 11 is 12.5. The highest BCUT2D eigenvalue weighted by molar-refractivity contribution is 6.35. The highest BCUT2D eigenvalue weighted by atomic mass is 35.5. The summed E-state index contributed by atoms with van der Waals surface area (Å²) in [5.74, 6) is 0.451. The number of piperazine rings is 1. The number of nitrogens with zero attached hydrogens (tertiary/aromatic N) is 7. The minimum atomic E-state index is -4.56. The zero-order valence-electron chi connectivity index (χ0n) is 18.8. The Morgan fingerprint density at radius 3 is 2.44 bits per heavy atom. The molecule has 1 amide bonds. The predicted octanol–water partition coefficient (Wildman–Crippen LogP) is 4.78. The number of pyridine rings is 1. The van der Waals surface area contributed by atoms with Crippen LogP contribution >= 0.6 is 23.2 Å². The molecule has 1 aliphatic heterocycles. The SMILES string of the molecule is Cc1nc(C(F)(F)F)ccc1C(=O)N1CCN(c2nc3nccc(-c4cc(Cl)ccc4Cl)n3n2)CC1. The van der Waals surface area contributed by atoms with Crippen LogP contribution in [-0.4, -0.2) is 61.6 Å². The monoisotopic (exact) mass is 535 g/mol. The number of hydrogen-bond donors (Lipinski definition) is 0. The van der Waals surface area contributed by atoms with Crippen LogP contribution in [0.15, 0.2) is 42.6 Å². The van der Waals surface area contributed by atoms with Gasteiger partial charge in [0.05, 0.1) is 22.0 Å². The van der Waals surface area contributed by atoms with Gasteiger partial charge in [0.1, 0.15) is 5.69 Å². The van der Waals surface area contributed by atoms with Crippen LogP contribution in [0.25, 0.3) is 17.0 Å². The molecule has 1 aromatic carbocycles. The Balaban J connectivity index is 1.34. The van der Waals surface area contributed by atoms with Crippen molar-refractivity contribution in [2.75, 3.05) is 31.1 Å². The molecule has 36 heavy (non-hydrogen) atoms. The van der Waals surface area contributed by atoms with Crippen LogP contribution in [-0.2, 0) is 6.18 Å². The lowest BCUT2D eigenvalue weighted by atomic mass is 10.1. The largest absolute Gasteiger partial charge is 0.433 e. The second kappa shape index (κ2) is 9.21. The van der Waals surface area contributed by atoms with Crippen molar-refractivity contribution < 1.29 is 18.0 Å². The Labute approximate surface area is 213 Å². The molecule has 8 nitrogen and oxygen atoms in total. The summed E-state index contributed by atoms with van der Waals surface area (Å²) in [6.45, 7) is 2.95. The van der Waals surface area contributed by atoms with Gasteiger partial charge in [0.25, 0.3) is 11.7 Å². The van der Waals surface area contributed by atoms with E-state index in [0.717, 1.165) is 6.07 Å². The van der Waals surface area contributed by atoms with Gasteiger partial charge in [-0.15, -0.1) is 5.10 Å². The van der Waals surface area contributed by atoms with E-state index >= 15 is 0 Å². The van der Waals surface area contributed by atoms with Crippen LogP contribution in [0.1, 0.15) is 21.7 Å². The van der Waals surface area contributed by atoms with Gasteiger partial charge in [-0.3, -0.25) is 4.79 Å². The Morgan fingerprint density at radius 1 is 1.00 bits per heavy atom. The fourth-order valence-corrected chi connectivity index (χ4v) is 4.43. The second-order valence-electron chi connectivity index (χ2n) is 8.18. The van der Waals surface area contributed by atoms with Gasteiger partial charge in [0, 0.05) is 43.0 Å². The van der Waals surface area contributed by atoms with E-state index in [9.17, 15) is 18.0 Å². The van der Waals surface area contributed by atoms with E-state index in [4.69, 9.17) is 23.2 Å². The van der Waals surface area contributed by atoms with Crippen molar-refractivity contribution in [3.63, 3.8) is 0 Å². The normalized spacial score (nSPS) is 14.5. The zero-order valence-corrected chi connectivity index (χ0v) is 20.3. The molecule has 0 unspecified atom stereocenters. The zero-order chi connectivity index (χ0) is 25.6. The molecule has 1 fully saturated rings. The number of benzene rings is 1. The van der Waals surface area contributed by atoms with E-state index in [0.29, 0.717) is 59.2 Å². The second-order valence-corrected chi connectivity index (χ2v) is 9.03. The number of aryl methyl sites for hydroxylation is 1. The van der Waals surface area contributed by atoms with Crippen molar-refractivity contribution in [1.82, 2.24) is 29.5 Å². The van der Waals surface area contributed by atoms with Gasteiger partial charge < -0.3 is 9.80 Å². The Hall–Kier alpha value is -3.44. The number of fused-ring (bicyclic) bond motifs is 1. The molecule has 1 aliphatic rings. The van der Waals surface area contributed by atoms with Gasteiger partial charge in [-0.05, 0) is 43.3 Å². The molecular formula is C23H18Cl2F3N7O. The van der Waals surface area contributed by atoms with Crippen LogP contribution in [0.4, 0.5) is 19.1 Å². The predicted molar refractivity (Wildman–Crippen MR) is 128 cm³/mol. The number of aromatic nitrogens is 5. The molecule has 5 rings (SSSR count). The summed E-state index contributed by atoms with van der Waals surface area (Å²) in [6.07, 6.45) is -2.96. The number of halogens is 5. The molecule has 186 valence electrons. The third-order valence-electron chi connectivity index (χ3n) is 5.89. The van der Waals surface area contributed by atoms with E-state index < -0.39 is 11.9 Å². The molecular weight excluding hydrogens is 518 g/mol. The topological polar surface area (TPSA) is 79.5 Å². The van der Waals surface area contributed by atoms with Crippen LogP contribution in [0, 0.1) is 6.92 Å². The molecule has 0 bridgehead atoms. The molecule has 0 spiro atoms. The fraction of sp³-hybridized carbons (Fsp3) is 0.261.